The number of para-hydroxylation sites is 2. The van der Waals surface area contributed by atoms with Crippen molar-refractivity contribution in [3.8, 4) is 50.6 Å². The minimum absolute atomic E-state index is 0.504. The molecule has 0 amide bonds. The number of benzene rings is 7. The van der Waals surface area contributed by atoms with E-state index < -0.39 is 5.41 Å². The van der Waals surface area contributed by atoms with Crippen LogP contribution in [0.5, 0.6) is 0 Å². The van der Waals surface area contributed by atoms with E-state index in [1.165, 1.54) is 76.6 Å². The lowest BCUT2D eigenvalue weighted by atomic mass is 9.70. The normalized spacial score (nSPS) is 13.9. The third kappa shape index (κ3) is 4.09. The van der Waals surface area contributed by atoms with Gasteiger partial charge in [0.2, 0.25) is 0 Å². The Labute approximate surface area is 303 Å². The van der Waals surface area contributed by atoms with Crippen molar-refractivity contribution in [1.29, 1.82) is 5.26 Å². The second kappa shape index (κ2) is 10.8. The molecule has 0 atom stereocenters. The van der Waals surface area contributed by atoms with Gasteiger partial charge in [0.15, 0.2) is 0 Å². The molecule has 7 aromatic carbocycles. The first-order valence-corrected chi connectivity index (χ1v) is 18.6. The van der Waals surface area contributed by atoms with Crippen LogP contribution in [0.1, 0.15) is 27.8 Å². The summed E-state index contributed by atoms with van der Waals surface area (Å²) in [4.78, 5) is 12.3. The summed E-state index contributed by atoms with van der Waals surface area (Å²) in [5.41, 5.74) is 16.6. The lowest BCUT2D eigenvalue weighted by molar-refractivity contribution is 0.793. The summed E-state index contributed by atoms with van der Waals surface area (Å²) < 4.78 is 0. The molecule has 0 N–H and O–H groups in total. The highest BCUT2D eigenvalue weighted by Crippen LogP contribution is 2.63. The molecule has 11 rings (SSSR count). The first kappa shape index (κ1) is 28.9. The molecule has 5 heteroatoms. The van der Waals surface area contributed by atoms with Crippen LogP contribution >= 0.6 is 23.5 Å². The molecule has 2 heterocycles. The highest BCUT2D eigenvalue weighted by atomic mass is 32.2. The van der Waals surface area contributed by atoms with E-state index in [1.54, 1.807) is 23.5 Å². The van der Waals surface area contributed by atoms with Crippen molar-refractivity contribution in [3.05, 3.63) is 179 Å². The third-order valence-corrected chi connectivity index (χ3v) is 13.0. The molecule has 0 bridgehead atoms. The van der Waals surface area contributed by atoms with Gasteiger partial charge in [0.1, 0.15) is 10.1 Å². The van der Waals surface area contributed by atoms with Crippen molar-refractivity contribution in [2.75, 3.05) is 0 Å². The molecular weight excluding hydrogens is 659 g/mol. The maximum atomic E-state index is 10.0. The number of nitriles is 1. The second-order valence-corrected chi connectivity index (χ2v) is 15.3. The molecular formula is C46H25N3S2. The molecule has 0 saturated carbocycles. The molecule has 0 fully saturated rings. The van der Waals surface area contributed by atoms with E-state index in [0.717, 1.165) is 21.1 Å². The fourth-order valence-electron chi connectivity index (χ4n) is 8.43. The second-order valence-electron chi connectivity index (χ2n) is 13.2. The van der Waals surface area contributed by atoms with E-state index in [0.29, 0.717) is 5.56 Å². The summed E-state index contributed by atoms with van der Waals surface area (Å²) in [6.45, 7) is 0. The first-order valence-electron chi connectivity index (χ1n) is 17.0. The zero-order valence-corrected chi connectivity index (χ0v) is 28.7. The van der Waals surface area contributed by atoms with Crippen LogP contribution in [0.3, 0.4) is 0 Å². The van der Waals surface area contributed by atoms with Crippen molar-refractivity contribution < 1.29 is 0 Å². The van der Waals surface area contributed by atoms with Crippen molar-refractivity contribution in [3.63, 3.8) is 0 Å². The number of aromatic nitrogens is 2. The monoisotopic (exact) mass is 683 g/mol. The van der Waals surface area contributed by atoms with Crippen molar-refractivity contribution >= 4 is 34.6 Å². The summed E-state index contributed by atoms with van der Waals surface area (Å²) in [6.07, 6.45) is 0. The topological polar surface area (TPSA) is 49.6 Å². The molecule has 1 aliphatic heterocycles. The van der Waals surface area contributed by atoms with Crippen molar-refractivity contribution in [2.45, 2.75) is 25.3 Å². The van der Waals surface area contributed by atoms with Gasteiger partial charge in [0, 0.05) is 9.79 Å². The van der Waals surface area contributed by atoms with Gasteiger partial charge >= 0.3 is 0 Å². The zero-order chi connectivity index (χ0) is 33.7. The molecule has 51 heavy (non-hydrogen) atoms. The van der Waals surface area contributed by atoms with Gasteiger partial charge in [-0.05, 0) is 115 Å². The Morgan fingerprint density at radius 2 is 0.961 bits per heavy atom. The van der Waals surface area contributed by atoms with Gasteiger partial charge < -0.3 is 0 Å². The third-order valence-electron chi connectivity index (χ3n) is 10.6. The number of nitrogens with zero attached hydrogens (tertiary/aromatic N) is 3. The van der Waals surface area contributed by atoms with Crippen molar-refractivity contribution in [2.24, 2.45) is 0 Å². The molecule has 0 saturated heterocycles. The summed E-state index contributed by atoms with van der Waals surface area (Å²) in [5.74, 6) is 0. The highest BCUT2D eigenvalue weighted by molar-refractivity contribution is 8.05. The number of hydrogen-bond acceptors (Lipinski definition) is 5. The minimum Gasteiger partial charge on any atom is -0.237 e. The predicted octanol–water partition coefficient (Wildman–Crippen LogP) is 11.8. The fourth-order valence-corrected chi connectivity index (χ4v) is 10.5. The molecule has 2 aliphatic carbocycles. The SMILES string of the molecule is N#Cc1ccc2c(c1)C1(c3ccccc3-c3ccccc31)c1cc(-c3cccc(-c4ccc5c(c4)Sc4nc6ccccc6nc4S5)c3)ccc1-2. The Morgan fingerprint density at radius 3 is 1.65 bits per heavy atom. The van der Waals surface area contributed by atoms with Crippen LogP contribution in [0.25, 0.3) is 55.5 Å². The van der Waals surface area contributed by atoms with Crippen LogP contribution in [0.15, 0.2) is 172 Å². The standard InChI is InChI=1S/C46H25N3S2/c47-26-27-16-19-34-35-20-17-30(24-39(35)46(38(34)22-27)36-12-3-1-10-32(36)33-11-2-4-13-37(33)46)28-8-7-9-29(23-28)31-18-21-42-43(25-31)51-45-44(50-42)48-40-14-5-6-15-41(40)49-45/h1-25H. The molecule has 3 aliphatic rings. The Morgan fingerprint density at radius 1 is 0.431 bits per heavy atom. The quantitative estimate of drug-likeness (QED) is 0.181. The molecule has 3 nitrogen and oxygen atoms in total. The van der Waals surface area contributed by atoms with Crippen molar-refractivity contribution in [1.82, 2.24) is 9.97 Å². The molecule has 1 spiro atoms. The largest absolute Gasteiger partial charge is 0.237 e. The zero-order valence-electron chi connectivity index (χ0n) is 27.1. The average molecular weight is 684 g/mol. The molecule has 0 radical (unpaired) electrons. The summed E-state index contributed by atoms with van der Waals surface area (Å²) in [5, 5.41) is 11.9. The van der Waals surface area contributed by atoms with Gasteiger partial charge in [-0.1, -0.05) is 127 Å². The van der Waals surface area contributed by atoms with Gasteiger partial charge in [-0.25, -0.2) is 9.97 Å². The van der Waals surface area contributed by atoms with Crippen LogP contribution < -0.4 is 0 Å². The molecule has 236 valence electrons. The van der Waals surface area contributed by atoms with Gasteiger partial charge in [-0.15, -0.1) is 0 Å². The summed E-state index contributed by atoms with van der Waals surface area (Å²) >= 11 is 3.40. The van der Waals surface area contributed by atoms with Gasteiger partial charge in [0.05, 0.1) is 28.1 Å². The fraction of sp³-hybridized carbons (Fsp3) is 0.0217. The van der Waals surface area contributed by atoms with E-state index in [9.17, 15) is 5.26 Å². The Hall–Kier alpha value is -5.93. The number of hydrogen-bond donors (Lipinski definition) is 0. The molecule has 8 aromatic rings. The minimum atomic E-state index is -0.504. The van der Waals surface area contributed by atoms with Gasteiger partial charge in [0.25, 0.3) is 0 Å². The maximum Gasteiger partial charge on any atom is 0.134 e. The lowest BCUT2D eigenvalue weighted by Crippen LogP contribution is -2.26. The van der Waals surface area contributed by atoms with Crippen LogP contribution in [-0.4, -0.2) is 9.97 Å². The Kier molecular flexibility index (Phi) is 6.10. The number of rotatable bonds is 2. The van der Waals surface area contributed by atoms with E-state index in [-0.39, 0.29) is 0 Å². The van der Waals surface area contributed by atoms with Crippen LogP contribution in [0.2, 0.25) is 0 Å². The Balaban J connectivity index is 1.03. The van der Waals surface area contributed by atoms with Gasteiger partial charge in [-0.3, -0.25) is 0 Å². The van der Waals surface area contributed by atoms with E-state index in [1.807, 2.05) is 30.3 Å². The molecule has 1 aromatic heterocycles. The van der Waals surface area contributed by atoms with Gasteiger partial charge in [-0.2, -0.15) is 5.26 Å². The average Bonchev–Trinajstić information content (AvgIpc) is 3.65. The first-order chi connectivity index (χ1) is 25.2. The highest BCUT2D eigenvalue weighted by Gasteiger charge is 2.51. The maximum absolute atomic E-state index is 10.0. The van der Waals surface area contributed by atoms with Crippen LogP contribution in [0.4, 0.5) is 0 Å². The van der Waals surface area contributed by atoms with E-state index >= 15 is 0 Å². The summed E-state index contributed by atoms with van der Waals surface area (Å²) in [7, 11) is 0. The van der Waals surface area contributed by atoms with Crippen LogP contribution in [0, 0.1) is 11.3 Å². The number of fused-ring (bicyclic) bond motifs is 13. The smallest absolute Gasteiger partial charge is 0.134 e. The van der Waals surface area contributed by atoms with E-state index in [2.05, 4.69) is 127 Å². The van der Waals surface area contributed by atoms with Crippen LogP contribution in [-0.2, 0) is 5.41 Å². The Bertz CT molecular complexity index is 2800. The predicted molar refractivity (Wildman–Crippen MR) is 206 cm³/mol. The summed E-state index contributed by atoms with van der Waals surface area (Å²) in [6, 6.07) is 56.9. The van der Waals surface area contributed by atoms with E-state index in [4.69, 9.17) is 9.97 Å². The molecule has 0 unspecified atom stereocenters. The lowest BCUT2D eigenvalue weighted by Gasteiger charge is -2.30.